The molecule has 0 aromatic rings. The van der Waals surface area contributed by atoms with Gasteiger partial charge in [0.15, 0.2) is 0 Å². The van der Waals surface area contributed by atoms with Gasteiger partial charge in [0.2, 0.25) is 0 Å². The zero-order chi connectivity index (χ0) is 3.58. The first-order valence-corrected chi connectivity index (χ1v) is 1.95. The summed E-state index contributed by atoms with van der Waals surface area (Å²) in [6.45, 7) is 0. The monoisotopic (exact) mass is 376 g/mol. The molecule has 36 valence electrons. The maximum absolute atomic E-state index is 8.74. The fourth-order valence-corrected chi connectivity index (χ4v) is 0. The largest absolute Gasteiger partial charge is 2.00 e. The molecule has 0 rings (SSSR count). The van der Waals surface area contributed by atoms with Crippen molar-refractivity contribution in [2.45, 2.75) is 0 Å². The van der Waals surface area contributed by atoms with E-state index in [1.807, 2.05) is 0 Å². The number of hydrogen-bond acceptors (Lipinski definition) is 1. The predicted molar refractivity (Wildman–Crippen MR) is 18.9 cm³/mol. The van der Waals surface area contributed by atoms with Gasteiger partial charge in [0.1, 0.15) is 0 Å². The molecule has 0 bridgehead atoms. The van der Waals surface area contributed by atoms with E-state index in [1.54, 1.807) is 0 Å². The summed E-state index contributed by atoms with van der Waals surface area (Å²) in [6.07, 6.45) is 0. The molecule has 0 saturated heterocycles. The molecule has 3 nitrogen and oxygen atoms in total. The molecule has 0 aliphatic heterocycles. The van der Waals surface area contributed by atoms with Crippen molar-refractivity contribution >= 4 is 58.1 Å². The van der Waals surface area contributed by atoms with Crippen LogP contribution in [0.3, 0.4) is 0 Å². The van der Waals surface area contributed by atoms with E-state index in [0.717, 1.165) is 0 Å². The van der Waals surface area contributed by atoms with E-state index >= 15 is 0 Å². The molecule has 0 unspecified atom stereocenters. The molecular formula is H4BaGdO3Si. The molecule has 2 N–H and O–H groups in total. The molecule has 0 aliphatic rings. The molecule has 0 heterocycles. The Labute approximate surface area is 112 Å². The molecule has 0 atom stereocenters. The Bertz CT molecular complexity index is 40.3. The Balaban J connectivity index is -0.00000000750. The summed E-state index contributed by atoms with van der Waals surface area (Å²) in [4.78, 5) is 14.3. The van der Waals surface area contributed by atoms with Crippen molar-refractivity contribution in [2.75, 3.05) is 0 Å². The van der Waals surface area contributed by atoms with Crippen LogP contribution < -0.4 is 0 Å². The fraction of sp³-hybridized carbons (Fsp3) is 0. The maximum Gasteiger partial charge on any atom is 2.00 e. The average Bonchev–Trinajstić information content (AvgIpc) is 0.811. The van der Waals surface area contributed by atoms with Crippen molar-refractivity contribution in [1.29, 1.82) is 0 Å². The van der Waals surface area contributed by atoms with Crippen LogP contribution in [0.2, 0.25) is 0 Å². The van der Waals surface area contributed by atoms with Crippen molar-refractivity contribution in [3.05, 3.63) is 0 Å². The molecule has 6 heteroatoms. The molecule has 0 aliphatic carbocycles. The smallest absolute Gasteiger partial charge is 1.00 e. The first-order valence-electron chi connectivity index (χ1n) is 0.651. The summed E-state index contributed by atoms with van der Waals surface area (Å²) < 4.78 is 8.74. The van der Waals surface area contributed by atoms with Crippen LogP contribution in [0.5, 0.6) is 0 Å². The third kappa shape index (κ3) is 31.3. The molecule has 0 amide bonds. The predicted octanol–water partition coefficient (Wildman–Crippen LogP) is -1.77. The van der Waals surface area contributed by atoms with Crippen LogP contribution in [-0.2, 0) is 4.46 Å². The van der Waals surface area contributed by atoms with E-state index in [1.165, 1.54) is 0 Å². The van der Waals surface area contributed by atoms with Crippen LogP contribution >= 0.6 is 0 Å². The van der Waals surface area contributed by atoms with Gasteiger partial charge in [-0.3, -0.25) is 4.46 Å². The molecule has 6 heavy (non-hydrogen) atoms. The quantitative estimate of drug-likeness (QED) is 0.494. The zero-order valence-electron chi connectivity index (χ0n) is 4.86. The van der Waals surface area contributed by atoms with Gasteiger partial charge >= 0.3 is 58.1 Å². The second-order valence-corrected chi connectivity index (χ2v) is 0.848. The van der Waals surface area contributed by atoms with Gasteiger partial charge in [-0.2, -0.15) is 0 Å². The summed E-state index contributed by atoms with van der Waals surface area (Å²) in [6, 6.07) is 0. The second-order valence-electron chi connectivity index (χ2n) is 0.283. The first kappa shape index (κ1) is 15.8. The van der Waals surface area contributed by atoms with E-state index in [4.69, 9.17) is 14.1 Å². The van der Waals surface area contributed by atoms with Gasteiger partial charge in [0.25, 0.3) is 0 Å². The van der Waals surface area contributed by atoms with Crippen LogP contribution in [0.15, 0.2) is 0 Å². The van der Waals surface area contributed by atoms with Crippen LogP contribution in [-0.4, -0.2) is 67.6 Å². The van der Waals surface area contributed by atoms with Gasteiger partial charge in [-0.1, -0.05) is 0 Å². The minimum atomic E-state index is -3.13. The molecule has 0 aromatic heterocycles. The Morgan fingerprint density at radius 2 is 1.50 bits per heavy atom. The van der Waals surface area contributed by atoms with Gasteiger partial charge in [-0.05, 0) is 0 Å². The first-order chi connectivity index (χ1) is 1.73. The second kappa shape index (κ2) is 10.5. The SMILES string of the molecule is O=[Si](O)O.[Ba+2].[Gd].[H-].[H-]. The summed E-state index contributed by atoms with van der Waals surface area (Å²) in [5.74, 6) is 0. The van der Waals surface area contributed by atoms with Crippen LogP contribution in [0.25, 0.3) is 0 Å². The average molecular weight is 375 g/mol. The van der Waals surface area contributed by atoms with E-state index < -0.39 is 9.17 Å². The van der Waals surface area contributed by atoms with Crippen molar-refractivity contribution in [1.82, 2.24) is 0 Å². The van der Waals surface area contributed by atoms with Gasteiger partial charge < -0.3 is 12.4 Å². The Hall–Kier alpha value is 2.51. The van der Waals surface area contributed by atoms with Crippen molar-refractivity contribution in [3.63, 3.8) is 0 Å². The standard InChI is InChI=1S/Ba.Gd.H2O3Si.2H/c;;1-4(2)3;;/h;;1-2H;;/q+2;;;2*-1. The summed E-state index contributed by atoms with van der Waals surface area (Å²) in [7, 11) is -3.13. The zero-order valence-corrected chi connectivity index (χ0v) is 10.6. The Kier molecular flexibility index (Phi) is 27.6. The summed E-state index contributed by atoms with van der Waals surface area (Å²) in [5.41, 5.74) is 0. The Morgan fingerprint density at radius 1 is 1.50 bits per heavy atom. The van der Waals surface area contributed by atoms with E-state index in [-0.39, 0.29) is 91.7 Å². The number of hydrogen-bond donors (Lipinski definition) is 2. The third-order valence-electron chi connectivity index (χ3n) is 0. The van der Waals surface area contributed by atoms with Gasteiger partial charge in [-0.25, -0.2) is 0 Å². The van der Waals surface area contributed by atoms with Crippen LogP contribution in [0.4, 0.5) is 0 Å². The fourth-order valence-electron chi connectivity index (χ4n) is 0. The molecule has 0 aromatic carbocycles. The molecule has 0 radical (unpaired) electrons. The minimum Gasteiger partial charge on any atom is -1.00 e. The molecule has 0 fully saturated rings. The summed E-state index contributed by atoms with van der Waals surface area (Å²) in [5, 5.41) is 0. The van der Waals surface area contributed by atoms with E-state index in [2.05, 4.69) is 0 Å². The normalized spacial score (nSPS) is 4.00. The Morgan fingerprint density at radius 3 is 1.50 bits per heavy atom. The minimum absolute atomic E-state index is 0. The van der Waals surface area contributed by atoms with Crippen molar-refractivity contribution in [3.8, 4) is 0 Å². The van der Waals surface area contributed by atoms with Crippen molar-refractivity contribution in [2.24, 2.45) is 0 Å². The van der Waals surface area contributed by atoms with Crippen molar-refractivity contribution < 1.29 is 56.8 Å². The van der Waals surface area contributed by atoms with Gasteiger partial charge in [0, 0.05) is 39.9 Å². The summed E-state index contributed by atoms with van der Waals surface area (Å²) >= 11 is 0. The van der Waals surface area contributed by atoms with E-state index in [9.17, 15) is 0 Å². The molecular weight excluding hydrogens is 371 g/mol. The van der Waals surface area contributed by atoms with Gasteiger partial charge in [0.05, 0.1) is 0 Å². The van der Waals surface area contributed by atoms with E-state index in [0.29, 0.717) is 0 Å². The molecule has 0 saturated carbocycles. The van der Waals surface area contributed by atoms with Gasteiger partial charge in [-0.15, -0.1) is 0 Å². The topological polar surface area (TPSA) is 57.5 Å². The van der Waals surface area contributed by atoms with Crippen LogP contribution in [0, 0.1) is 39.9 Å². The number of rotatable bonds is 0. The maximum atomic E-state index is 8.74. The molecule has 0 spiro atoms. The third-order valence-corrected chi connectivity index (χ3v) is 0. The van der Waals surface area contributed by atoms with Crippen LogP contribution in [0.1, 0.15) is 2.85 Å².